The van der Waals surface area contributed by atoms with Gasteiger partial charge in [0.05, 0.1) is 58.8 Å². The number of aliphatic hydroxyl groups is 1. The molecule has 0 aliphatic heterocycles. The lowest BCUT2D eigenvalue weighted by Gasteiger charge is -2.50. The van der Waals surface area contributed by atoms with Crippen molar-refractivity contribution < 1.29 is 13.9 Å². The maximum Gasteiger partial charge on any atom is 0.135 e. The van der Waals surface area contributed by atoms with E-state index in [1.54, 1.807) is 29.3 Å². The van der Waals surface area contributed by atoms with E-state index < -0.39 is 23.2 Å². The van der Waals surface area contributed by atoms with E-state index in [-0.39, 0.29) is 22.6 Å². The average molecular weight is 533 g/mol. The van der Waals surface area contributed by atoms with Crippen molar-refractivity contribution in [1.82, 2.24) is 29.9 Å². The molecule has 0 bridgehead atoms. The van der Waals surface area contributed by atoms with E-state index >= 15 is 0 Å². The van der Waals surface area contributed by atoms with Crippen molar-refractivity contribution in [2.24, 2.45) is 5.41 Å². The lowest BCUT2D eigenvalue weighted by atomic mass is 9.54. The molecule has 1 N–H and O–H groups in total. The molecule has 3 heterocycles. The number of benzene rings is 1. The first-order chi connectivity index (χ1) is 18.6. The van der Waals surface area contributed by atoms with Crippen LogP contribution in [0, 0.1) is 17.0 Å². The Morgan fingerprint density at radius 3 is 2.49 bits per heavy atom. The number of hydrogen-bond acceptors (Lipinski definition) is 6. The third-order valence-electron chi connectivity index (χ3n) is 8.50. The normalized spacial score (nSPS) is 21.0. The van der Waals surface area contributed by atoms with Crippen LogP contribution in [-0.2, 0) is 12.0 Å². The molecule has 0 saturated heterocycles. The van der Waals surface area contributed by atoms with Crippen molar-refractivity contribution in [2.45, 2.75) is 77.9 Å². The summed E-state index contributed by atoms with van der Waals surface area (Å²) in [5.41, 5.74) is 2.95. The fraction of sp³-hybridized carbons (Fsp3) is 0.433. The molecule has 39 heavy (non-hydrogen) atoms. The molecule has 4 aromatic rings. The molecule has 3 aromatic heterocycles. The van der Waals surface area contributed by atoms with Crippen LogP contribution in [0.1, 0.15) is 76.8 Å². The summed E-state index contributed by atoms with van der Waals surface area (Å²) in [6, 6.07) is 5.61. The molecule has 204 valence electrons. The summed E-state index contributed by atoms with van der Waals surface area (Å²) in [5.74, 6) is -1.19. The highest BCUT2D eigenvalue weighted by Gasteiger charge is 2.52. The molecular formula is C30H34F2N6O. The largest absolute Gasteiger partial charge is 0.391 e. The number of hydrogen-bond donors (Lipinski definition) is 1. The van der Waals surface area contributed by atoms with E-state index in [4.69, 9.17) is 4.98 Å². The Hall–Kier alpha value is -3.59. The van der Waals surface area contributed by atoms with E-state index in [2.05, 4.69) is 48.0 Å². The van der Waals surface area contributed by atoms with E-state index in [1.165, 1.54) is 18.2 Å². The van der Waals surface area contributed by atoms with Crippen LogP contribution < -0.4 is 0 Å². The minimum absolute atomic E-state index is 0.145. The quantitative estimate of drug-likeness (QED) is 0.311. The number of aliphatic hydroxyl groups excluding tert-OH is 1. The maximum absolute atomic E-state index is 14.6. The van der Waals surface area contributed by atoms with Crippen LogP contribution in [-0.4, -0.2) is 41.2 Å². The number of aromatic nitrogens is 6. The second kappa shape index (κ2) is 10.2. The highest BCUT2D eigenvalue weighted by molar-refractivity contribution is 5.63. The molecule has 0 radical (unpaired) electrons. The topological polar surface area (TPSA) is 89.6 Å². The number of halogens is 2. The maximum atomic E-state index is 14.6. The van der Waals surface area contributed by atoms with Gasteiger partial charge < -0.3 is 5.11 Å². The van der Waals surface area contributed by atoms with Gasteiger partial charge in [-0.1, -0.05) is 33.8 Å². The summed E-state index contributed by atoms with van der Waals surface area (Å²) in [7, 11) is 0. The summed E-state index contributed by atoms with van der Waals surface area (Å²) >= 11 is 0. The minimum atomic E-state index is -0.676. The van der Waals surface area contributed by atoms with Gasteiger partial charge in [0.25, 0.3) is 0 Å². The first-order valence-electron chi connectivity index (χ1n) is 13.4. The van der Waals surface area contributed by atoms with Crippen molar-refractivity contribution in [2.75, 3.05) is 0 Å². The Morgan fingerprint density at radius 1 is 1.05 bits per heavy atom. The third-order valence-corrected chi connectivity index (χ3v) is 8.50. The van der Waals surface area contributed by atoms with Gasteiger partial charge in [-0.3, -0.25) is 9.67 Å². The van der Waals surface area contributed by atoms with Gasteiger partial charge in [-0.15, -0.1) is 5.10 Å². The molecule has 0 spiro atoms. The molecule has 0 saturated carbocycles. The van der Waals surface area contributed by atoms with Crippen molar-refractivity contribution in [3.63, 3.8) is 0 Å². The molecule has 0 unspecified atom stereocenters. The van der Waals surface area contributed by atoms with Crippen molar-refractivity contribution >= 4 is 0 Å². The molecule has 0 fully saturated rings. The first-order valence-corrected chi connectivity index (χ1v) is 13.4. The van der Waals surface area contributed by atoms with Gasteiger partial charge in [0, 0.05) is 18.0 Å². The Balaban J connectivity index is 1.62. The van der Waals surface area contributed by atoms with Gasteiger partial charge in [-0.25, -0.2) is 13.8 Å². The molecule has 1 aromatic carbocycles. The average Bonchev–Trinajstić information content (AvgIpc) is 3.39. The van der Waals surface area contributed by atoms with Gasteiger partial charge in [0.1, 0.15) is 11.6 Å². The van der Waals surface area contributed by atoms with Crippen LogP contribution >= 0.6 is 0 Å². The first kappa shape index (κ1) is 27.0. The zero-order valence-electron chi connectivity index (χ0n) is 23.0. The fourth-order valence-corrected chi connectivity index (χ4v) is 5.74. The van der Waals surface area contributed by atoms with E-state index in [0.717, 1.165) is 35.4 Å². The summed E-state index contributed by atoms with van der Waals surface area (Å²) in [4.78, 5) is 9.58. The molecule has 9 heteroatoms. The summed E-state index contributed by atoms with van der Waals surface area (Å²) in [6.45, 7) is 10.9. The second-order valence-electron chi connectivity index (χ2n) is 11.3. The third kappa shape index (κ3) is 4.62. The monoisotopic (exact) mass is 532 g/mol. The number of fused-ring (bicyclic) bond motifs is 1. The van der Waals surface area contributed by atoms with Crippen molar-refractivity contribution in [1.29, 1.82) is 0 Å². The van der Waals surface area contributed by atoms with Crippen LogP contribution in [0.5, 0.6) is 0 Å². The Kier molecular flexibility index (Phi) is 7.05. The molecule has 7 nitrogen and oxygen atoms in total. The van der Waals surface area contributed by atoms with E-state index in [9.17, 15) is 13.9 Å². The Bertz CT molecular complexity index is 1480. The number of rotatable bonds is 7. The van der Waals surface area contributed by atoms with E-state index in [0.29, 0.717) is 18.7 Å². The predicted octanol–water partition coefficient (Wildman–Crippen LogP) is 6.08. The van der Waals surface area contributed by atoms with Gasteiger partial charge in [0.2, 0.25) is 0 Å². The summed E-state index contributed by atoms with van der Waals surface area (Å²) in [6.07, 6.45) is 8.90. The zero-order chi connectivity index (χ0) is 27.9. The van der Waals surface area contributed by atoms with Crippen LogP contribution in [0.25, 0.3) is 22.5 Å². The van der Waals surface area contributed by atoms with Crippen LogP contribution in [0.2, 0.25) is 0 Å². The van der Waals surface area contributed by atoms with Crippen LogP contribution in [0.15, 0.2) is 49.1 Å². The standard InChI is InChI=1S/C30H34F2N6O/c1-6-18-12-29(3,4)30(5,28-21(18)11-24(36-37-28)27-22(31)9-8-10-23(27)32)26-15-33-14-25(35-26)19-13-34-38(16-19)17-20(39)7-2/h8-11,13-16,18,20,39H,6-7,12,17H2,1-5H3/t18-,20+,30+/m1/s1. The minimum Gasteiger partial charge on any atom is -0.391 e. The summed E-state index contributed by atoms with van der Waals surface area (Å²) in [5, 5.41) is 23.4. The van der Waals surface area contributed by atoms with Gasteiger partial charge >= 0.3 is 0 Å². The lowest BCUT2D eigenvalue weighted by molar-refractivity contribution is 0.145. The second-order valence-corrected chi connectivity index (χ2v) is 11.3. The summed E-state index contributed by atoms with van der Waals surface area (Å²) < 4.78 is 31.0. The molecule has 3 atom stereocenters. The van der Waals surface area contributed by atoms with Crippen molar-refractivity contribution in [3.05, 3.63) is 77.6 Å². The van der Waals surface area contributed by atoms with Crippen LogP contribution in [0.4, 0.5) is 8.78 Å². The van der Waals surface area contributed by atoms with Gasteiger partial charge in [-0.2, -0.15) is 10.2 Å². The zero-order valence-corrected chi connectivity index (χ0v) is 23.0. The number of nitrogens with zero attached hydrogens (tertiary/aromatic N) is 6. The smallest absolute Gasteiger partial charge is 0.135 e. The lowest BCUT2D eigenvalue weighted by Crippen LogP contribution is -2.47. The Morgan fingerprint density at radius 2 is 1.79 bits per heavy atom. The highest BCUT2D eigenvalue weighted by atomic mass is 19.1. The molecular weight excluding hydrogens is 498 g/mol. The van der Waals surface area contributed by atoms with Crippen LogP contribution in [0.3, 0.4) is 0 Å². The highest BCUT2D eigenvalue weighted by Crippen LogP contribution is 2.56. The van der Waals surface area contributed by atoms with Crippen molar-refractivity contribution in [3.8, 4) is 22.5 Å². The predicted molar refractivity (Wildman–Crippen MR) is 145 cm³/mol. The van der Waals surface area contributed by atoms with E-state index in [1.807, 2.05) is 13.1 Å². The fourth-order valence-electron chi connectivity index (χ4n) is 5.74. The molecule has 1 aliphatic carbocycles. The Labute approximate surface area is 227 Å². The van der Waals surface area contributed by atoms with Gasteiger partial charge in [-0.05, 0) is 61.3 Å². The SMILES string of the molecule is CC[C@H](O)Cn1cc(-c2cncc([C@@]3(C)c4nnc(-c5c(F)cccc5F)cc4[C@H](CC)CC3(C)C)n2)cn1. The molecule has 5 rings (SSSR count). The molecule has 0 amide bonds. The van der Waals surface area contributed by atoms with Gasteiger partial charge in [0.15, 0.2) is 0 Å². The molecule has 1 aliphatic rings.